The Bertz CT molecular complexity index is 884. The maximum absolute atomic E-state index is 13.1. The van der Waals surface area contributed by atoms with Crippen molar-refractivity contribution in [3.63, 3.8) is 0 Å². The average molecular weight is 381 g/mol. The second-order valence-electron chi connectivity index (χ2n) is 5.54. The zero-order valence-electron chi connectivity index (χ0n) is 13.5. The van der Waals surface area contributed by atoms with Crippen LogP contribution in [0.4, 0.5) is 0 Å². The molecule has 0 aromatic heterocycles. The number of benzene rings is 2. The van der Waals surface area contributed by atoms with Crippen molar-refractivity contribution in [1.82, 2.24) is 9.62 Å². The molecular weight excluding hydrogens is 364 g/mol. The lowest BCUT2D eigenvalue weighted by Crippen LogP contribution is -2.52. The third-order valence-corrected chi connectivity index (χ3v) is 6.10. The van der Waals surface area contributed by atoms with Gasteiger partial charge < -0.3 is 10.1 Å². The number of sulfonamides is 1. The predicted molar refractivity (Wildman–Crippen MR) is 94.1 cm³/mol. The van der Waals surface area contributed by atoms with Crippen molar-refractivity contribution in [1.29, 1.82) is 0 Å². The average Bonchev–Trinajstić information content (AvgIpc) is 2.61. The summed E-state index contributed by atoms with van der Waals surface area (Å²) >= 11 is 5.93. The SMILES string of the molecule is COc1ccc(C2C(=O)NCCN2S(=O)(=O)c2cccc(Cl)c2)cc1. The van der Waals surface area contributed by atoms with Gasteiger partial charge in [-0.3, -0.25) is 4.79 Å². The van der Waals surface area contributed by atoms with E-state index in [9.17, 15) is 13.2 Å². The number of methoxy groups -OCH3 is 1. The summed E-state index contributed by atoms with van der Waals surface area (Å²) in [6.45, 7) is 0.433. The number of carbonyl (C=O) groups excluding carboxylic acids is 1. The molecule has 132 valence electrons. The number of amides is 1. The highest BCUT2D eigenvalue weighted by atomic mass is 35.5. The van der Waals surface area contributed by atoms with Crippen molar-refractivity contribution < 1.29 is 17.9 Å². The molecular formula is C17H17ClN2O4S. The van der Waals surface area contributed by atoms with E-state index >= 15 is 0 Å². The Balaban J connectivity index is 2.03. The number of nitrogens with one attached hydrogen (secondary N) is 1. The van der Waals surface area contributed by atoms with E-state index in [0.717, 1.165) is 0 Å². The maximum atomic E-state index is 13.1. The summed E-state index contributed by atoms with van der Waals surface area (Å²) in [4.78, 5) is 12.5. The minimum Gasteiger partial charge on any atom is -0.497 e. The summed E-state index contributed by atoms with van der Waals surface area (Å²) in [5.41, 5.74) is 0.573. The Labute approximate surface area is 151 Å². The van der Waals surface area contributed by atoms with Crippen molar-refractivity contribution in [2.45, 2.75) is 10.9 Å². The Kier molecular flexibility index (Phi) is 4.99. The van der Waals surface area contributed by atoms with Gasteiger partial charge in [0.2, 0.25) is 15.9 Å². The lowest BCUT2D eigenvalue weighted by molar-refractivity contribution is -0.126. The van der Waals surface area contributed by atoms with Crippen LogP contribution in [0.3, 0.4) is 0 Å². The molecule has 2 aromatic rings. The minimum atomic E-state index is -3.87. The first kappa shape index (κ1) is 17.7. The van der Waals surface area contributed by atoms with Crippen molar-refractivity contribution in [3.05, 3.63) is 59.1 Å². The summed E-state index contributed by atoms with van der Waals surface area (Å²) in [7, 11) is -2.33. The van der Waals surface area contributed by atoms with E-state index in [-0.39, 0.29) is 23.9 Å². The number of rotatable bonds is 4. The number of carbonyl (C=O) groups is 1. The highest BCUT2D eigenvalue weighted by molar-refractivity contribution is 7.89. The number of piperazine rings is 1. The molecule has 0 saturated carbocycles. The number of hydrogen-bond acceptors (Lipinski definition) is 4. The molecule has 1 saturated heterocycles. The number of halogens is 1. The van der Waals surface area contributed by atoms with Gasteiger partial charge in [0.05, 0.1) is 12.0 Å². The quantitative estimate of drug-likeness (QED) is 0.882. The third kappa shape index (κ3) is 3.49. The molecule has 0 spiro atoms. The molecule has 0 bridgehead atoms. The Morgan fingerprint density at radius 1 is 1.20 bits per heavy atom. The van der Waals surface area contributed by atoms with E-state index in [2.05, 4.69) is 5.32 Å². The standard InChI is InChI=1S/C17H17ClN2O4S/c1-24-14-7-5-12(6-8-14)16-17(21)19-9-10-20(16)25(22,23)15-4-2-3-13(18)11-15/h2-8,11,16H,9-10H2,1H3,(H,19,21). The lowest BCUT2D eigenvalue weighted by atomic mass is 10.0. The highest BCUT2D eigenvalue weighted by Gasteiger charge is 2.39. The molecule has 8 heteroatoms. The highest BCUT2D eigenvalue weighted by Crippen LogP contribution is 2.31. The smallest absolute Gasteiger partial charge is 0.244 e. The van der Waals surface area contributed by atoms with Crippen LogP contribution in [-0.4, -0.2) is 38.8 Å². The molecule has 1 heterocycles. The zero-order chi connectivity index (χ0) is 18.0. The van der Waals surface area contributed by atoms with Crippen LogP contribution < -0.4 is 10.1 Å². The van der Waals surface area contributed by atoms with Crippen LogP contribution in [0.25, 0.3) is 0 Å². The third-order valence-electron chi connectivity index (χ3n) is 4.00. The van der Waals surface area contributed by atoms with Gasteiger partial charge in [0.1, 0.15) is 11.8 Å². The van der Waals surface area contributed by atoms with Gasteiger partial charge in [0.25, 0.3) is 0 Å². The van der Waals surface area contributed by atoms with Gasteiger partial charge in [-0.25, -0.2) is 8.42 Å². The fourth-order valence-corrected chi connectivity index (χ4v) is 4.65. The van der Waals surface area contributed by atoms with Gasteiger partial charge >= 0.3 is 0 Å². The molecule has 1 fully saturated rings. The zero-order valence-corrected chi connectivity index (χ0v) is 15.0. The van der Waals surface area contributed by atoms with Crippen LogP contribution in [-0.2, 0) is 14.8 Å². The molecule has 1 amide bonds. The van der Waals surface area contributed by atoms with Crippen LogP contribution in [0.1, 0.15) is 11.6 Å². The summed E-state index contributed by atoms with van der Waals surface area (Å²) in [5, 5.41) is 3.04. The molecule has 1 N–H and O–H groups in total. The molecule has 0 radical (unpaired) electrons. The summed E-state index contributed by atoms with van der Waals surface area (Å²) in [6.07, 6.45) is 0. The van der Waals surface area contributed by atoms with E-state index in [1.54, 1.807) is 36.4 Å². The first-order valence-corrected chi connectivity index (χ1v) is 9.44. The molecule has 25 heavy (non-hydrogen) atoms. The minimum absolute atomic E-state index is 0.0632. The van der Waals surface area contributed by atoms with Crippen LogP contribution >= 0.6 is 11.6 Å². The van der Waals surface area contributed by atoms with Gasteiger partial charge in [0, 0.05) is 18.1 Å². The normalized spacial score (nSPS) is 18.6. The van der Waals surface area contributed by atoms with Crippen molar-refractivity contribution >= 4 is 27.5 Å². The second-order valence-corrected chi connectivity index (χ2v) is 7.87. The molecule has 0 aliphatic carbocycles. The molecule has 1 aliphatic rings. The van der Waals surface area contributed by atoms with Crippen molar-refractivity contribution in [2.75, 3.05) is 20.2 Å². The van der Waals surface area contributed by atoms with Gasteiger partial charge in [-0.05, 0) is 35.9 Å². The Morgan fingerprint density at radius 2 is 1.92 bits per heavy atom. The van der Waals surface area contributed by atoms with E-state index in [4.69, 9.17) is 16.3 Å². The van der Waals surface area contributed by atoms with Crippen LogP contribution in [0, 0.1) is 0 Å². The van der Waals surface area contributed by atoms with Gasteiger partial charge in [-0.2, -0.15) is 4.31 Å². The van der Waals surface area contributed by atoms with E-state index in [0.29, 0.717) is 16.3 Å². The van der Waals surface area contributed by atoms with Gasteiger partial charge in [0.15, 0.2) is 0 Å². The van der Waals surface area contributed by atoms with E-state index in [1.165, 1.54) is 23.5 Å². The monoisotopic (exact) mass is 380 g/mol. The number of ether oxygens (including phenoxy) is 1. The molecule has 2 aromatic carbocycles. The summed E-state index contributed by atoms with van der Waals surface area (Å²) < 4.78 is 32.4. The summed E-state index contributed by atoms with van der Waals surface area (Å²) in [6, 6.07) is 11.9. The van der Waals surface area contributed by atoms with Crippen molar-refractivity contribution in [3.8, 4) is 5.75 Å². The number of nitrogens with zero attached hydrogens (tertiary/aromatic N) is 1. The first-order valence-electron chi connectivity index (χ1n) is 7.62. The molecule has 3 rings (SSSR count). The Hall–Kier alpha value is -2.09. The van der Waals surface area contributed by atoms with Crippen molar-refractivity contribution in [2.24, 2.45) is 0 Å². The fraction of sp³-hybridized carbons (Fsp3) is 0.235. The second kappa shape index (κ2) is 7.03. The Morgan fingerprint density at radius 3 is 2.56 bits per heavy atom. The van der Waals surface area contributed by atoms with E-state index in [1.807, 2.05) is 0 Å². The lowest BCUT2D eigenvalue weighted by Gasteiger charge is -2.34. The fourth-order valence-electron chi connectivity index (χ4n) is 2.77. The predicted octanol–water partition coefficient (Wildman–Crippen LogP) is 2.21. The van der Waals surface area contributed by atoms with Crippen LogP contribution in [0.5, 0.6) is 5.75 Å². The van der Waals surface area contributed by atoms with E-state index < -0.39 is 16.1 Å². The van der Waals surface area contributed by atoms with Gasteiger partial charge in [-0.15, -0.1) is 0 Å². The summed E-state index contributed by atoms with van der Waals surface area (Å²) in [5.74, 6) is 0.270. The van der Waals surface area contributed by atoms with Crippen LogP contribution in [0.15, 0.2) is 53.4 Å². The largest absolute Gasteiger partial charge is 0.497 e. The van der Waals surface area contributed by atoms with Gasteiger partial charge in [-0.1, -0.05) is 29.8 Å². The molecule has 1 atom stereocenters. The molecule has 1 aliphatic heterocycles. The number of hydrogen-bond donors (Lipinski definition) is 1. The molecule has 6 nitrogen and oxygen atoms in total. The first-order chi connectivity index (χ1) is 11.9. The van der Waals surface area contributed by atoms with Crippen LogP contribution in [0.2, 0.25) is 5.02 Å². The topological polar surface area (TPSA) is 75.7 Å². The molecule has 1 unspecified atom stereocenters. The maximum Gasteiger partial charge on any atom is 0.244 e.